The molecule has 2 rings (SSSR count). The van der Waals surface area contributed by atoms with E-state index < -0.39 is 10.7 Å². The average molecular weight is 243 g/mol. The number of hydrogen-bond acceptors (Lipinski definition) is 4. The smallest absolute Gasteiger partial charge is 0.358 e. The van der Waals surface area contributed by atoms with Crippen LogP contribution in [0.1, 0.15) is 0 Å². The molecule has 2 heterocycles. The summed E-state index contributed by atoms with van der Waals surface area (Å²) in [6, 6.07) is 2.20. The van der Waals surface area contributed by atoms with E-state index >= 15 is 0 Å². The van der Waals surface area contributed by atoms with Gasteiger partial charge in [-0.1, -0.05) is 11.6 Å². The highest BCUT2D eigenvalue weighted by molar-refractivity contribution is 6.30. The van der Waals surface area contributed by atoms with E-state index in [-0.39, 0.29) is 16.7 Å². The van der Waals surface area contributed by atoms with Crippen molar-refractivity contribution in [3.05, 3.63) is 45.5 Å². The molecule has 0 N–H and O–H groups in total. The van der Waals surface area contributed by atoms with Crippen LogP contribution in [0.3, 0.4) is 0 Å². The van der Waals surface area contributed by atoms with Gasteiger partial charge in [-0.2, -0.15) is 0 Å². The third kappa shape index (κ3) is 1.84. The Kier molecular flexibility index (Phi) is 2.53. The van der Waals surface area contributed by atoms with Crippen LogP contribution in [0.4, 0.5) is 10.2 Å². The van der Waals surface area contributed by atoms with Gasteiger partial charge in [-0.3, -0.25) is 0 Å². The number of rotatable bonds is 2. The lowest BCUT2D eigenvalue weighted by Gasteiger charge is -1.97. The van der Waals surface area contributed by atoms with Crippen LogP contribution in [-0.2, 0) is 0 Å². The maximum Gasteiger partial charge on any atom is 0.390 e. The number of nitro groups is 1. The molecule has 0 saturated heterocycles. The molecule has 2 aromatic rings. The van der Waals surface area contributed by atoms with Crippen LogP contribution in [-0.4, -0.2) is 19.7 Å². The molecular weight excluding hydrogens is 239 g/mol. The predicted molar refractivity (Wildman–Crippen MR) is 53.0 cm³/mol. The van der Waals surface area contributed by atoms with Crippen molar-refractivity contribution in [1.82, 2.24) is 14.8 Å². The van der Waals surface area contributed by atoms with Gasteiger partial charge in [0.15, 0.2) is 5.82 Å². The summed E-state index contributed by atoms with van der Waals surface area (Å²) in [5.41, 5.74) is 0. The number of pyridine rings is 1. The third-order valence-electron chi connectivity index (χ3n) is 1.77. The molecule has 0 aliphatic heterocycles. The van der Waals surface area contributed by atoms with E-state index in [9.17, 15) is 14.5 Å². The largest absolute Gasteiger partial charge is 0.390 e. The Morgan fingerprint density at radius 3 is 2.88 bits per heavy atom. The number of halogens is 2. The van der Waals surface area contributed by atoms with Crippen molar-refractivity contribution < 1.29 is 9.31 Å². The first-order chi connectivity index (χ1) is 7.58. The highest BCUT2D eigenvalue weighted by atomic mass is 35.5. The second-order valence-electron chi connectivity index (χ2n) is 2.83. The first-order valence-electron chi connectivity index (χ1n) is 4.09. The molecule has 0 amide bonds. The average Bonchev–Trinajstić information content (AvgIpc) is 2.66. The Balaban J connectivity index is 2.46. The van der Waals surface area contributed by atoms with Gasteiger partial charge >= 0.3 is 5.82 Å². The maximum absolute atomic E-state index is 13.4. The minimum Gasteiger partial charge on any atom is -0.358 e. The van der Waals surface area contributed by atoms with E-state index in [4.69, 9.17) is 11.6 Å². The third-order valence-corrected chi connectivity index (χ3v) is 1.97. The van der Waals surface area contributed by atoms with Gasteiger partial charge in [0.25, 0.3) is 0 Å². The highest BCUT2D eigenvalue weighted by Crippen LogP contribution is 2.16. The van der Waals surface area contributed by atoms with Gasteiger partial charge in [-0.15, -0.1) is 4.68 Å². The van der Waals surface area contributed by atoms with Crippen molar-refractivity contribution in [3.63, 3.8) is 0 Å². The lowest BCUT2D eigenvalue weighted by atomic mass is 10.4. The van der Waals surface area contributed by atoms with E-state index in [1.165, 1.54) is 12.4 Å². The first kappa shape index (κ1) is 10.5. The van der Waals surface area contributed by atoms with Crippen molar-refractivity contribution in [2.45, 2.75) is 0 Å². The first-order valence-corrected chi connectivity index (χ1v) is 4.47. The Morgan fingerprint density at radius 1 is 1.56 bits per heavy atom. The van der Waals surface area contributed by atoms with Gasteiger partial charge in [0, 0.05) is 6.20 Å². The van der Waals surface area contributed by atoms with Gasteiger partial charge in [0.2, 0.25) is 5.82 Å². The minimum atomic E-state index is -0.703. The number of nitrogens with zero attached hydrogens (tertiary/aromatic N) is 4. The van der Waals surface area contributed by atoms with Gasteiger partial charge in [-0.05, 0) is 11.0 Å². The summed E-state index contributed by atoms with van der Waals surface area (Å²) < 4.78 is 14.3. The quantitative estimate of drug-likeness (QED) is 0.596. The van der Waals surface area contributed by atoms with Crippen molar-refractivity contribution in [2.75, 3.05) is 0 Å². The van der Waals surface area contributed by atoms with Gasteiger partial charge in [0.05, 0.1) is 22.4 Å². The van der Waals surface area contributed by atoms with Crippen LogP contribution in [0.2, 0.25) is 5.02 Å². The van der Waals surface area contributed by atoms with Gasteiger partial charge in [0.1, 0.15) is 0 Å². The van der Waals surface area contributed by atoms with E-state index in [2.05, 4.69) is 10.1 Å². The molecule has 0 fully saturated rings. The fourth-order valence-corrected chi connectivity index (χ4v) is 1.25. The second-order valence-corrected chi connectivity index (χ2v) is 3.27. The molecule has 0 aliphatic rings. The molecule has 0 unspecified atom stereocenters. The van der Waals surface area contributed by atoms with Crippen molar-refractivity contribution >= 4 is 17.4 Å². The van der Waals surface area contributed by atoms with E-state index in [1.807, 2.05) is 0 Å². The summed E-state index contributed by atoms with van der Waals surface area (Å²) in [5.74, 6) is -1.22. The van der Waals surface area contributed by atoms with Crippen LogP contribution < -0.4 is 0 Å². The molecule has 0 saturated carbocycles. The molecule has 2 aromatic heterocycles. The van der Waals surface area contributed by atoms with Crippen LogP contribution >= 0.6 is 11.6 Å². The van der Waals surface area contributed by atoms with E-state index in [1.54, 1.807) is 0 Å². The molecule has 6 nitrogen and oxygen atoms in total. The Bertz CT molecular complexity index is 557. The zero-order valence-corrected chi connectivity index (χ0v) is 8.43. The SMILES string of the molecule is O=[N+]([O-])c1ccn(-c2ncc(Cl)cc2F)n1. The standard InChI is InChI=1S/C8H4ClFN4O2/c9-5-3-6(10)8(11-4-5)13-2-1-7(12-13)14(15)16/h1-4H. The van der Waals surface area contributed by atoms with E-state index in [0.717, 1.165) is 16.8 Å². The molecule has 0 aromatic carbocycles. The minimum absolute atomic E-state index is 0.141. The second kappa shape index (κ2) is 3.86. The Morgan fingerprint density at radius 2 is 2.31 bits per heavy atom. The lowest BCUT2D eigenvalue weighted by Crippen LogP contribution is -2.02. The Hall–Kier alpha value is -2.02. The zero-order chi connectivity index (χ0) is 11.7. The summed E-state index contributed by atoms with van der Waals surface area (Å²) in [4.78, 5) is 13.4. The monoisotopic (exact) mass is 242 g/mol. The summed E-state index contributed by atoms with van der Waals surface area (Å²) in [6.07, 6.45) is 2.48. The fourth-order valence-electron chi connectivity index (χ4n) is 1.11. The molecule has 0 bridgehead atoms. The van der Waals surface area contributed by atoms with Gasteiger partial charge in [-0.25, -0.2) is 9.37 Å². The molecule has 0 aliphatic carbocycles. The molecule has 0 spiro atoms. The molecule has 0 atom stereocenters. The summed E-state index contributed by atoms with van der Waals surface area (Å²) >= 11 is 5.52. The molecule has 16 heavy (non-hydrogen) atoms. The number of aromatic nitrogens is 3. The van der Waals surface area contributed by atoms with Gasteiger partial charge < -0.3 is 10.1 Å². The van der Waals surface area contributed by atoms with Crippen LogP contribution in [0, 0.1) is 15.9 Å². The zero-order valence-electron chi connectivity index (χ0n) is 7.67. The molecule has 8 heteroatoms. The Labute approximate surface area is 93.4 Å². The van der Waals surface area contributed by atoms with Crippen molar-refractivity contribution in [1.29, 1.82) is 0 Å². The van der Waals surface area contributed by atoms with Crippen LogP contribution in [0.5, 0.6) is 0 Å². The lowest BCUT2D eigenvalue weighted by molar-refractivity contribution is -0.389. The normalized spacial score (nSPS) is 10.4. The van der Waals surface area contributed by atoms with Crippen molar-refractivity contribution in [2.24, 2.45) is 0 Å². The predicted octanol–water partition coefficient (Wildman–Crippen LogP) is 1.97. The summed E-state index contributed by atoms with van der Waals surface area (Å²) in [5, 5.41) is 14.1. The molecule has 82 valence electrons. The maximum atomic E-state index is 13.4. The highest BCUT2D eigenvalue weighted by Gasteiger charge is 2.16. The topological polar surface area (TPSA) is 73.8 Å². The summed E-state index contributed by atoms with van der Waals surface area (Å²) in [6.45, 7) is 0. The molecular formula is C8H4ClFN4O2. The molecule has 0 radical (unpaired) electrons. The van der Waals surface area contributed by atoms with Crippen molar-refractivity contribution in [3.8, 4) is 5.82 Å². The van der Waals surface area contributed by atoms with Crippen LogP contribution in [0.25, 0.3) is 5.82 Å². The fraction of sp³-hybridized carbons (Fsp3) is 0. The summed E-state index contributed by atoms with van der Waals surface area (Å²) in [7, 11) is 0. The number of hydrogen-bond donors (Lipinski definition) is 0. The van der Waals surface area contributed by atoms with Crippen LogP contribution in [0.15, 0.2) is 24.5 Å². The van der Waals surface area contributed by atoms with E-state index in [0.29, 0.717) is 0 Å².